The van der Waals surface area contributed by atoms with Crippen molar-refractivity contribution in [2.45, 2.75) is 21.0 Å². The molecule has 6 rings (SSSR count). The lowest BCUT2D eigenvalue weighted by molar-refractivity contribution is -0.0227. The monoisotopic (exact) mass is 601 g/mol. The molecule has 6 radical (unpaired) electrons. The Bertz CT molecular complexity index is 1710. The molecule has 0 spiro atoms. The van der Waals surface area contributed by atoms with E-state index in [-0.39, 0.29) is 36.6 Å². The van der Waals surface area contributed by atoms with Gasteiger partial charge in [0.15, 0.2) is 17.3 Å². The fraction of sp³-hybridized carbons (Fsp3) is 0.296. The predicted octanol–water partition coefficient (Wildman–Crippen LogP) is 1.62. The number of aromatic nitrogens is 1. The molecule has 0 bridgehead atoms. The van der Waals surface area contributed by atoms with Crippen LogP contribution in [-0.2, 0) is 24.2 Å². The lowest BCUT2D eigenvalue weighted by Gasteiger charge is -2.56. The Kier molecular flexibility index (Phi) is 7.24. The van der Waals surface area contributed by atoms with Crippen molar-refractivity contribution in [3.8, 4) is 5.75 Å². The van der Waals surface area contributed by atoms with E-state index in [4.69, 9.17) is 37.7 Å². The van der Waals surface area contributed by atoms with Gasteiger partial charge in [0, 0.05) is 23.7 Å². The molecular formula is C27H20B3F2N3O7S. The molecule has 1 aromatic heterocycles. The number of fused-ring (bicyclic) bond motifs is 4. The molecule has 3 aliphatic rings. The number of morpholine rings is 1. The number of thioether (sulfide) groups is 1. The fourth-order valence-electron chi connectivity index (χ4n) is 5.68. The van der Waals surface area contributed by atoms with Gasteiger partial charge < -0.3 is 23.8 Å². The van der Waals surface area contributed by atoms with Crippen LogP contribution < -0.4 is 15.2 Å². The number of halogens is 2. The fourth-order valence-corrected chi connectivity index (χ4v) is 6.83. The van der Waals surface area contributed by atoms with Crippen LogP contribution in [0.2, 0.25) is 0 Å². The number of methoxy groups -OCH3 is 1. The Balaban J connectivity index is 1.66. The summed E-state index contributed by atoms with van der Waals surface area (Å²) in [5.41, 5.74) is -2.84. The van der Waals surface area contributed by atoms with Gasteiger partial charge in [-0.15, -0.1) is 11.8 Å². The summed E-state index contributed by atoms with van der Waals surface area (Å²) in [4.78, 5) is 40.4. The van der Waals surface area contributed by atoms with Crippen LogP contribution >= 0.6 is 11.8 Å². The van der Waals surface area contributed by atoms with Crippen LogP contribution in [0.15, 0.2) is 58.4 Å². The van der Waals surface area contributed by atoms with Gasteiger partial charge >= 0.3 is 6.16 Å². The maximum Gasteiger partial charge on any atom is 0.510 e. The lowest BCUT2D eigenvalue weighted by Crippen LogP contribution is -2.71. The largest absolute Gasteiger partial charge is 0.510 e. The van der Waals surface area contributed by atoms with Gasteiger partial charge in [-0.1, -0.05) is 24.3 Å². The summed E-state index contributed by atoms with van der Waals surface area (Å²) < 4.78 is 50.2. The van der Waals surface area contributed by atoms with Crippen LogP contribution in [0.3, 0.4) is 0 Å². The smallest absolute Gasteiger partial charge is 0.451 e. The van der Waals surface area contributed by atoms with E-state index in [1.807, 2.05) is 0 Å². The zero-order valence-corrected chi connectivity index (χ0v) is 23.4. The van der Waals surface area contributed by atoms with E-state index in [0.717, 1.165) is 31.0 Å². The molecule has 0 saturated carbocycles. The van der Waals surface area contributed by atoms with Crippen molar-refractivity contribution in [3.05, 3.63) is 92.9 Å². The summed E-state index contributed by atoms with van der Waals surface area (Å²) >= 11 is 0.886. The zero-order valence-electron chi connectivity index (χ0n) is 22.6. The van der Waals surface area contributed by atoms with Crippen LogP contribution in [0.5, 0.6) is 5.75 Å². The molecule has 2 atom stereocenters. The molecule has 2 aromatic carbocycles. The Morgan fingerprint density at radius 2 is 1.88 bits per heavy atom. The molecule has 214 valence electrons. The van der Waals surface area contributed by atoms with E-state index in [0.29, 0.717) is 10.5 Å². The summed E-state index contributed by atoms with van der Waals surface area (Å²) in [6, 6.07) is 10.1. The molecular weight excluding hydrogens is 581 g/mol. The summed E-state index contributed by atoms with van der Waals surface area (Å²) in [6.07, 6.45) is -0.678. The van der Waals surface area contributed by atoms with E-state index in [1.54, 1.807) is 24.3 Å². The van der Waals surface area contributed by atoms with E-state index >= 15 is 4.39 Å². The van der Waals surface area contributed by atoms with E-state index < -0.39 is 57.8 Å². The van der Waals surface area contributed by atoms with Crippen molar-refractivity contribution in [1.82, 2.24) is 9.58 Å². The Morgan fingerprint density at radius 1 is 1.12 bits per heavy atom. The van der Waals surface area contributed by atoms with Crippen LogP contribution in [0, 0.1) is 11.6 Å². The predicted molar refractivity (Wildman–Crippen MR) is 152 cm³/mol. The van der Waals surface area contributed by atoms with Crippen LogP contribution in [0.25, 0.3) is 0 Å². The topological polar surface area (TPSA) is 99.5 Å². The molecule has 16 heteroatoms. The average Bonchev–Trinajstić information content (AvgIpc) is 3.06. The quantitative estimate of drug-likeness (QED) is 0.251. The molecule has 0 aliphatic carbocycles. The van der Waals surface area contributed by atoms with E-state index in [1.165, 1.54) is 26.8 Å². The van der Waals surface area contributed by atoms with Crippen molar-refractivity contribution in [3.63, 3.8) is 0 Å². The number of ether oxygens (including phenoxy) is 4. The zero-order chi connectivity index (χ0) is 30.7. The number of hydrogen-bond donors (Lipinski definition) is 0. The van der Waals surface area contributed by atoms with Crippen molar-refractivity contribution in [2.75, 3.05) is 38.7 Å². The molecule has 3 aromatic rings. The van der Waals surface area contributed by atoms with Gasteiger partial charge in [0.25, 0.3) is 5.91 Å². The SMILES string of the molecule is [B]C1([B])Sc2ccccc2[C@]([B])(N2[C@@H]3COCCN3C(=O)c3c(OCOC(=O)OC)c(=O)ccn32)c2ccc(F)c(F)c21. The van der Waals surface area contributed by atoms with Crippen LogP contribution in [0.4, 0.5) is 13.6 Å². The van der Waals surface area contributed by atoms with Gasteiger partial charge in [0.1, 0.15) is 14.0 Å². The minimum atomic E-state index is -1.97. The molecule has 43 heavy (non-hydrogen) atoms. The van der Waals surface area contributed by atoms with Crippen molar-refractivity contribution in [1.29, 1.82) is 0 Å². The summed E-state index contributed by atoms with van der Waals surface area (Å²) in [7, 11) is 21.4. The number of carbonyl (C=O) groups is 2. The molecule has 10 nitrogen and oxygen atoms in total. The van der Waals surface area contributed by atoms with Gasteiger partial charge in [0.05, 0.1) is 41.5 Å². The normalized spacial score (nSPS) is 21.9. The molecule has 1 amide bonds. The molecule has 1 saturated heterocycles. The first-order chi connectivity index (χ1) is 20.5. The van der Waals surface area contributed by atoms with Crippen molar-refractivity contribution >= 4 is 47.4 Å². The minimum absolute atomic E-state index is 0.00913. The number of hydrogen-bond acceptors (Lipinski definition) is 9. The Hall–Kier alpha value is -3.91. The number of rotatable bonds is 4. The number of benzene rings is 2. The first kappa shape index (κ1) is 29.2. The third kappa shape index (κ3) is 4.49. The molecule has 0 N–H and O–H groups in total. The third-order valence-corrected chi connectivity index (χ3v) is 8.61. The average molecular weight is 601 g/mol. The first-order valence-corrected chi connectivity index (χ1v) is 13.7. The van der Waals surface area contributed by atoms with E-state index in [9.17, 15) is 18.8 Å². The molecule has 4 heterocycles. The van der Waals surface area contributed by atoms with Crippen molar-refractivity contribution in [2.24, 2.45) is 0 Å². The summed E-state index contributed by atoms with van der Waals surface area (Å²) in [5, 5.41) is 1.52. The van der Waals surface area contributed by atoms with Crippen LogP contribution in [0.1, 0.15) is 27.2 Å². The summed E-state index contributed by atoms with van der Waals surface area (Å²) in [6.45, 7) is -0.523. The highest BCUT2D eigenvalue weighted by molar-refractivity contribution is 8.02. The van der Waals surface area contributed by atoms with E-state index in [2.05, 4.69) is 4.74 Å². The number of nitrogens with zero attached hydrogens (tertiary/aromatic N) is 3. The maximum atomic E-state index is 15.7. The second-order valence-electron chi connectivity index (χ2n) is 9.90. The van der Waals surface area contributed by atoms with Gasteiger partial charge in [-0.3, -0.25) is 19.3 Å². The number of pyridine rings is 1. The lowest BCUT2D eigenvalue weighted by atomic mass is 9.58. The first-order valence-electron chi connectivity index (χ1n) is 12.9. The van der Waals surface area contributed by atoms with Gasteiger partial charge in [0.2, 0.25) is 18.0 Å². The Morgan fingerprint density at radius 3 is 2.65 bits per heavy atom. The van der Waals surface area contributed by atoms with Gasteiger partial charge in [-0.25, -0.2) is 13.6 Å². The van der Waals surface area contributed by atoms with Crippen LogP contribution in [-0.4, -0.2) is 85.0 Å². The highest BCUT2D eigenvalue weighted by Gasteiger charge is 2.53. The third-order valence-electron chi connectivity index (χ3n) is 7.50. The molecule has 3 aliphatic heterocycles. The highest BCUT2D eigenvalue weighted by atomic mass is 32.2. The second kappa shape index (κ2) is 10.7. The maximum absolute atomic E-state index is 15.7. The second-order valence-corrected chi connectivity index (χ2v) is 11.2. The molecule has 1 fully saturated rings. The molecule has 0 unspecified atom stereocenters. The highest BCUT2D eigenvalue weighted by Crippen LogP contribution is 2.52. The Labute approximate surface area is 252 Å². The number of amides is 1. The number of carbonyl (C=O) groups excluding carboxylic acids is 2. The van der Waals surface area contributed by atoms with Gasteiger partial charge in [-0.05, 0) is 33.4 Å². The summed E-state index contributed by atoms with van der Waals surface area (Å²) in [5.74, 6) is -3.52. The standard InChI is InChI=1S/C27H20B3F2N3O7S/c1-39-25(38)42-13-41-23-17(36)8-9-34-22(23)24(37)33-10-11-40-12-19(33)35(34)26(28)14-4-2-3-5-18(14)43-27(29,30)20-15(26)6-7-16(31)21(20)32/h2-9,19H,10-13H2,1H3/t19-,26+/m1/s1. The van der Waals surface area contributed by atoms with Crippen molar-refractivity contribution < 1.29 is 37.3 Å². The minimum Gasteiger partial charge on any atom is -0.451 e. The van der Waals surface area contributed by atoms with Gasteiger partial charge in [-0.2, -0.15) is 0 Å².